The lowest BCUT2D eigenvalue weighted by molar-refractivity contribution is 0.417. The third kappa shape index (κ3) is 2.71. The molecule has 0 radical (unpaired) electrons. The number of benzene rings is 1. The molecule has 1 aromatic heterocycles. The molecule has 0 spiro atoms. The van der Waals surface area contributed by atoms with E-state index in [1.807, 2.05) is 12.1 Å². The van der Waals surface area contributed by atoms with Crippen LogP contribution in [0.4, 0.5) is 0 Å². The van der Waals surface area contributed by atoms with Crippen LogP contribution in [0.2, 0.25) is 0 Å². The first-order chi connectivity index (χ1) is 9.24. The molecule has 1 heterocycles. The van der Waals surface area contributed by atoms with Crippen molar-refractivity contribution in [3.8, 4) is 5.75 Å². The monoisotopic (exact) mass is 280 g/mol. The first-order valence-corrected chi connectivity index (χ1v) is 7.36. The molecule has 0 aliphatic carbocycles. The van der Waals surface area contributed by atoms with Gasteiger partial charge in [0.15, 0.2) is 0 Å². The minimum absolute atomic E-state index is 0.429. The summed E-state index contributed by atoms with van der Waals surface area (Å²) >= 11 is 6.04. The van der Waals surface area contributed by atoms with Gasteiger partial charge < -0.3 is 9.30 Å². The summed E-state index contributed by atoms with van der Waals surface area (Å²) in [6.45, 7) is 5.43. The Morgan fingerprint density at radius 3 is 2.63 bits per heavy atom. The van der Waals surface area contributed by atoms with Crippen molar-refractivity contribution in [2.75, 3.05) is 7.11 Å². The maximum Gasteiger partial charge on any atom is 0.146 e. The Hall–Kier alpha value is -1.22. The van der Waals surface area contributed by atoms with Crippen molar-refractivity contribution >= 4 is 22.6 Å². The van der Waals surface area contributed by atoms with Crippen molar-refractivity contribution in [1.29, 1.82) is 0 Å². The number of methoxy groups -OCH3 is 1. The zero-order valence-electron chi connectivity index (χ0n) is 11.8. The Kier molecular flexibility index (Phi) is 4.70. The Morgan fingerprint density at radius 2 is 2.05 bits per heavy atom. The Balaban J connectivity index is 2.51. The van der Waals surface area contributed by atoms with E-state index in [9.17, 15) is 0 Å². The van der Waals surface area contributed by atoms with E-state index in [0.29, 0.717) is 11.8 Å². The van der Waals surface area contributed by atoms with Crippen LogP contribution in [0.5, 0.6) is 5.75 Å². The lowest BCUT2D eigenvalue weighted by Crippen LogP contribution is -2.11. The fraction of sp³-hybridized carbons (Fsp3) is 0.533. The van der Waals surface area contributed by atoms with E-state index < -0.39 is 0 Å². The van der Waals surface area contributed by atoms with Crippen LogP contribution in [0.3, 0.4) is 0 Å². The van der Waals surface area contributed by atoms with Gasteiger partial charge in [0.05, 0.1) is 18.5 Å². The molecule has 0 aliphatic rings. The second-order valence-corrected chi connectivity index (χ2v) is 5.05. The van der Waals surface area contributed by atoms with Crippen molar-refractivity contribution < 1.29 is 4.74 Å². The number of nitrogens with zero attached hydrogens (tertiary/aromatic N) is 2. The number of alkyl halides is 1. The molecule has 4 heteroatoms. The molecular weight excluding hydrogens is 260 g/mol. The molecule has 2 aromatic rings. The number of rotatable bonds is 6. The maximum absolute atomic E-state index is 6.04. The molecule has 0 fully saturated rings. The summed E-state index contributed by atoms with van der Waals surface area (Å²) in [5.74, 6) is 2.82. The Bertz CT molecular complexity index is 546. The number of fused-ring (bicyclic) bond motifs is 1. The van der Waals surface area contributed by atoms with Crippen LogP contribution < -0.4 is 4.74 Å². The second-order valence-electron chi connectivity index (χ2n) is 4.78. The summed E-state index contributed by atoms with van der Waals surface area (Å²) < 4.78 is 7.62. The van der Waals surface area contributed by atoms with E-state index in [1.165, 1.54) is 12.8 Å². The van der Waals surface area contributed by atoms with Crippen LogP contribution in [0.1, 0.15) is 32.5 Å². The number of aromatic nitrogens is 2. The van der Waals surface area contributed by atoms with Gasteiger partial charge in [0, 0.05) is 6.54 Å². The van der Waals surface area contributed by atoms with Gasteiger partial charge >= 0.3 is 0 Å². The lowest BCUT2D eigenvalue weighted by atomic mass is 10.0. The number of ether oxygens (including phenoxy) is 1. The first-order valence-electron chi connectivity index (χ1n) is 6.83. The highest BCUT2D eigenvalue weighted by Crippen LogP contribution is 2.27. The molecule has 0 amide bonds. The summed E-state index contributed by atoms with van der Waals surface area (Å²) in [5.41, 5.74) is 2.02. The van der Waals surface area contributed by atoms with Gasteiger partial charge in [-0.25, -0.2) is 4.98 Å². The summed E-state index contributed by atoms with van der Waals surface area (Å²) in [5, 5.41) is 0. The number of para-hydroxylation sites is 1. The zero-order valence-corrected chi connectivity index (χ0v) is 12.6. The minimum atomic E-state index is 0.429. The Labute approximate surface area is 119 Å². The topological polar surface area (TPSA) is 27.1 Å². The van der Waals surface area contributed by atoms with E-state index >= 15 is 0 Å². The van der Waals surface area contributed by atoms with Gasteiger partial charge in [0.25, 0.3) is 0 Å². The largest absolute Gasteiger partial charge is 0.494 e. The second kappa shape index (κ2) is 6.29. The van der Waals surface area contributed by atoms with E-state index in [1.54, 1.807) is 7.11 Å². The van der Waals surface area contributed by atoms with Gasteiger partial charge in [-0.15, -0.1) is 11.6 Å². The van der Waals surface area contributed by atoms with Gasteiger partial charge in [-0.05, 0) is 18.1 Å². The Morgan fingerprint density at radius 1 is 1.32 bits per heavy atom. The van der Waals surface area contributed by atoms with E-state index in [0.717, 1.165) is 29.2 Å². The number of halogens is 1. The highest BCUT2D eigenvalue weighted by atomic mass is 35.5. The van der Waals surface area contributed by atoms with Crippen LogP contribution >= 0.6 is 11.6 Å². The van der Waals surface area contributed by atoms with Crippen LogP contribution in [0, 0.1) is 5.92 Å². The highest BCUT2D eigenvalue weighted by molar-refractivity contribution is 6.16. The van der Waals surface area contributed by atoms with Crippen molar-refractivity contribution in [2.24, 2.45) is 5.92 Å². The zero-order chi connectivity index (χ0) is 13.8. The van der Waals surface area contributed by atoms with Crippen molar-refractivity contribution in [3.63, 3.8) is 0 Å². The minimum Gasteiger partial charge on any atom is -0.494 e. The van der Waals surface area contributed by atoms with Gasteiger partial charge in [-0.2, -0.15) is 0 Å². The molecule has 0 aliphatic heterocycles. The molecule has 19 heavy (non-hydrogen) atoms. The molecule has 1 aromatic carbocycles. The van der Waals surface area contributed by atoms with Crippen LogP contribution in [-0.4, -0.2) is 16.7 Å². The molecule has 2 rings (SSSR count). The van der Waals surface area contributed by atoms with E-state index in [-0.39, 0.29) is 0 Å². The molecule has 0 bridgehead atoms. The average molecular weight is 281 g/mol. The van der Waals surface area contributed by atoms with Crippen LogP contribution in [-0.2, 0) is 12.4 Å². The molecule has 104 valence electrons. The molecule has 3 nitrogen and oxygen atoms in total. The van der Waals surface area contributed by atoms with Gasteiger partial charge in [-0.3, -0.25) is 0 Å². The molecule has 0 N–H and O–H groups in total. The van der Waals surface area contributed by atoms with Crippen molar-refractivity contribution in [3.05, 3.63) is 24.0 Å². The van der Waals surface area contributed by atoms with Crippen LogP contribution in [0.15, 0.2) is 18.2 Å². The lowest BCUT2D eigenvalue weighted by Gasteiger charge is -2.15. The quantitative estimate of drug-likeness (QED) is 0.741. The van der Waals surface area contributed by atoms with Crippen molar-refractivity contribution in [1.82, 2.24) is 9.55 Å². The van der Waals surface area contributed by atoms with E-state index in [4.69, 9.17) is 16.3 Å². The predicted molar refractivity (Wildman–Crippen MR) is 79.9 cm³/mol. The average Bonchev–Trinajstić information content (AvgIpc) is 2.82. The molecule has 0 saturated heterocycles. The third-order valence-electron chi connectivity index (χ3n) is 3.76. The smallest absolute Gasteiger partial charge is 0.146 e. The number of imidazole rings is 1. The van der Waals surface area contributed by atoms with Crippen molar-refractivity contribution in [2.45, 2.75) is 39.1 Å². The summed E-state index contributed by atoms with van der Waals surface area (Å²) in [6, 6.07) is 6.03. The molecule has 0 unspecified atom stereocenters. The highest BCUT2D eigenvalue weighted by Gasteiger charge is 2.15. The fourth-order valence-electron chi connectivity index (χ4n) is 2.44. The molecule has 0 saturated carbocycles. The van der Waals surface area contributed by atoms with Gasteiger partial charge in [0.2, 0.25) is 0 Å². The summed E-state index contributed by atoms with van der Waals surface area (Å²) in [4.78, 5) is 4.63. The van der Waals surface area contributed by atoms with Gasteiger partial charge in [0.1, 0.15) is 17.1 Å². The molecular formula is C15H21ClN2O. The fourth-order valence-corrected chi connectivity index (χ4v) is 2.65. The molecule has 0 atom stereocenters. The maximum atomic E-state index is 6.04. The summed E-state index contributed by atoms with van der Waals surface area (Å²) in [6.07, 6.45) is 2.34. The first kappa shape index (κ1) is 14.2. The SMILES string of the molecule is CCC(CC)Cn1c(CCl)nc2c(OC)cccc21. The van der Waals surface area contributed by atoms with Gasteiger partial charge in [-0.1, -0.05) is 32.8 Å². The normalized spacial score (nSPS) is 11.4. The third-order valence-corrected chi connectivity index (χ3v) is 3.99. The van der Waals surface area contributed by atoms with Crippen LogP contribution in [0.25, 0.3) is 11.0 Å². The van der Waals surface area contributed by atoms with E-state index in [2.05, 4.69) is 29.5 Å². The summed E-state index contributed by atoms with van der Waals surface area (Å²) in [7, 11) is 1.68. The number of hydrogen-bond donors (Lipinski definition) is 0. The standard InChI is InChI=1S/C15H21ClN2O/c1-4-11(5-2)10-18-12-7-6-8-13(19-3)15(12)17-14(18)9-16/h6-8,11H,4-5,9-10H2,1-3H3. The number of hydrogen-bond acceptors (Lipinski definition) is 2. The predicted octanol–water partition coefficient (Wildman–Crippen LogP) is 4.22.